The van der Waals surface area contributed by atoms with E-state index < -0.39 is 0 Å². The van der Waals surface area contributed by atoms with Crippen LogP contribution in [0.15, 0.2) is 18.5 Å². The van der Waals surface area contributed by atoms with Gasteiger partial charge in [0.1, 0.15) is 12.1 Å². The maximum absolute atomic E-state index is 6.01. The number of nitrogens with zero attached hydrogens (tertiary/aromatic N) is 3. The molecule has 3 rings (SSSR count). The first-order valence-corrected chi connectivity index (χ1v) is 7.57. The zero-order valence-electron chi connectivity index (χ0n) is 13.1. The van der Waals surface area contributed by atoms with Crippen molar-refractivity contribution in [3.05, 3.63) is 18.5 Å². The van der Waals surface area contributed by atoms with Gasteiger partial charge in [0.2, 0.25) is 0 Å². The molecule has 1 unspecified atom stereocenters. The lowest BCUT2D eigenvalue weighted by molar-refractivity contribution is 0.148. The first kappa shape index (κ1) is 14.8. The number of fused-ring (bicyclic) bond motifs is 1. The summed E-state index contributed by atoms with van der Waals surface area (Å²) in [6.45, 7) is 2.93. The molecule has 0 amide bonds. The number of hydrogen-bond acceptors (Lipinski definition) is 6. The Morgan fingerprint density at radius 3 is 2.95 bits per heavy atom. The highest BCUT2D eigenvalue weighted by atomic mass is 16.5. The number of methoxy groups -OCH3 is 1. The van der Waals surface area contributed by atoms with E-state index in [1.54, 1.807) is 7.11 Å². The molecule has 1 aliphatic rings. The van der Waals surface area contributed by atoms with Crippen LogP contribution in [0.3, 0.4) is 0 Å². The van der Waals surface area contributed by atoms with Gasteiger partial charge in [-0.15, -0.1) is 0 Å². The van der Waals surface area contributed by atoms with Gasteiger partial charge in [0.25, 0.3) is 0 Å². The van der Waals surface area contributed by atoms with Gasteiger partial charge in [-0.3, -0.25) is 0 Å². The van der Waals surface area contributed by atoms with Crippen LogP contribution in [-0.4, -0.2) is 48.7 Å². The third-order valence-electron chi connectivity index (χ3n) is 4.15. The molecular weight excluding hydrogens is 280 g/mol. The van der Waals surface area contributed by atoms with Crippen LogP contribution in [0.4, 0.5) is 5.82 Å². The van der Waals surface area contributed by atoms with E-state index in [9.17, 15) is 0 Å². The SMILES string of the molecule is COc1cc2c(N)ncnc2cc1OCC1CCCN(C)C1. The molecule has 0 bridgehead atoms. The summed E-state index contributed by atoms with van der Waals surface area (Å²) in [6, 6.07) is 3.71. The van der Waals surface area contributed by atoms with Crippen LogP contribution >= 0.6 is 0 Å². The molecule has 118 valence electrons. The lowest BCUT2D eigenvalue weighted by atomic mass is 9.99. The summed E-state index contributed by atoms with van der Waals surface area (Å²) in [5.74, 6) is 2.37. The van der Waals surface area contributed by atoms with E-state index in [1.807, 2.05) is 12.1 Å². The van der Waals surface area contributed by atoms with Crippen molar-refractivity contribution in [1.82, 2.24) is 14.9 Å². The Labute approximate surface area is 130 Å². The predicted octanol–water partition coefficient (Wildman–Crippen LogP) is 1.94. The van der Waals surface area contributed by atoms with Gasteiger partial charge in [-0.05, 0) is 32.5 Å². The molecule has 1 fully saturated rings. The van der Waals surface area contributed by atoms with Crippen molar-refractivity contribution in [3.8, 4) is 11.5 Å². The minimum atomic E-state index is 0.448. The highest BCUT2D eigenvalue weighted by molar-refractivity contribution is 5.90. The minimum Gasteiger partial charge on any atom is -0.493 e. The second-order valence-electron chi connectivity index (χ2n) is 5.86. The molecule has 1 aromatic carbocycles. The van der Waals surface area contributed by atoms with Crippen molar-refractivity contribution in [3.63, 3.8) is 0 Å². The van der Waals surface area contributed by atoms with E-state index in [0.29, 0.717) is 29.8 Å². The van der Waals surface area contributed by atoms with Gasteiger partial charge in [0.05, 0.1) is 19.2 Å². The predicted molar refractivity (Wildman–Crippen MR) is 86.2 cm³/mol. The normalized spacial score (nSPS) is 19.3. The Morgan fingerprint density at radius 1 is 1.32 bits per heavy atom. The van der Waals surface area contributed by atoms with E-state index >= 15 is 0 Å². The Kier molecular flexibility index (Phi) is 4.29. The Balaban J connectivity index is 1.80. The van der Waals surface area contributed by atoms with Crippen LogP contribution < -0.4 is 15.2 Å². The fraction of sp³-hybridized carbons (Fsp3) is 0.500. The van der Waals surface area contributed by atoms with Crippen LogP contribution in [0.1, 0.15) is 12.8 Å². The third kappa shape index (κ3) is 3.06. The highest BCUT2D eigenvalue weighted by Crippen LogP contribution is 2.33. The van der Waals surface area contributed by atoms with Gasteiger partial charge in [0, 0.05) is 23.9 Å². The number of nitrogens with two attached hydrogens (primary N) is 1. The molecule has 0 saturated carbocycles. The van der Waals surface area contributed by atoms with Crippen molar-refractivity contribution in [2.75, 3.05) is 39.6 Å². The maximum Gasteiger partial charge on any atom is 0.163 e. The molecule has 1 aromatic heterocycles. The Bertz CT molecular complexity index is 662. The van der Waals surface area contributed by atoms with E-state index in [1.165, 1.54) is 25.7 Å². The van der Waals surface area contributed by atoms with E-state index in [2.05, 4.69) is 21.9 Å². The summed E-state index contributed by atoms with van der Waals surface area (Å²) < 4.78 is 11.4. The van der Waals surface area contributed by atoms with Crippen molar-refractivity contribution in [1.29, 1.82) is 0 Å². The van der Waals surface area contributed by atoms with Gasteiger partial charge in [-0.25, -0.2) is 9.97 Å². The number of anilines is 1. The average Bonchev–Trinajstić information content (AvgIpc) is 2.52. The number of hydrogen-bond donors (Lipinski definition) is 1. The monoisotopic (exact) mass is 302 g/mol. The molecule has 2 N–H and O–H groups in total. The average molecular weight is 302 g/mol. The lowest BCUT2D eigenvalue weighted by Crippen LogP contribution is -2.34. The van der Waals surface area contributed by atoms with Gasteiger partial charge in [-0.1, -0.05) is 0 Å². The minimum absolute atomic E-state index is 0.448. The summed E-state index contributed by atoms with van der Waals surface area (Å²) in [5, 5.41) is 0.782. The molecule has 1 saturated heterocycles. The van der Waals surface area contributed by atoms with Gasteiger partial charge < -0.3 is 20.1 Å². The molecule has 22 heavy (non-hydrogen) atoms. The molecular formula is C16H22N4O2. The van der Waals surface area contributed by atoms with E-state index in [4.69, 9.17) is 15.2 Å². The second-order valence-corrected chi connectivity index (χ2v) is 5.86. The number of benzene rings is 1. The van der Waals surface area contributed by atoms with Gasteiger partial charge >= 0.3 is 0 Å². The fourth-order valence-corrected chi connectivity index (χ4v) is 2.97. The topological polar surface area (TPSA) is 73.5 Å². The van der Waals surface area contributed by atoms with Gasteiger partial charge in [-0.2, -0.15) is 0 Å². The number of rotatable bonds is 4. The molecule has 2 heterocycles. The zero-order chi connectivity index (χ0) is 15.5. The Hall–Kier alpha value is -2.08. The Morgan fingerprint density at radius 2 is 2.18 bits per heavy atom. The summed E-state index contributed by atoms with van der Waals surface area (Å²) in [7, 11) is 3.78. The molecule has 6 nitrogen and oxygen atoms in total. The molecule has 0 radical (unpaired) electrons. The lowest BCUT2D eigenvalue weighted by Gasteiger charge is -2.29. The van der Waals surface area contributed by atoms with Gasteiger partial charge in [0.15, 0.2) is 11.5 Å². The summed E-state index contributed by atoms with van der Waals surface area (Å²) >= 11 is 0. The highest BCUT2D eigenvalue weighted by Gasteiger charge is 2.19. The number of ether oxygens (including phenoxy) is 2. The van der Waals surface area contributed by atoms with Crippen molar-refractivity contribution in [2.24, 2.45) is 5.92 Å². The van der Waals surface area contributed by atoms with Crippen LogP contribution in [0, 0.1) is 5.92 Å². The maximum atomic E-state index is 6.01. The third-order valence-corrected chi connectivity index (χ3v) is 4.15. The number of likely N-dealkylation sites (tertiary alicyclic amines) is 1. The molecule has 1 atom stereocenters. The van der Waals surface area contributed by atoms with Crippen LogP contribution in [0.2, 0.25) is 0 Å². The van der Waals surface area contributed by atoms with E-state index in [0.717, 1.165) is 17.4 Å². The standard InChI is InChI=1S/C16H22N4O2/c1-20-5-3-4-11(8-20)9-22-15-7-13-12(6-14(15)21-2)16(17)19-10-18-13/h6-7,10-11H,3-5,8-9H2,1-2H3,(H2,17,18,19). The number of piperidine rings is 1. The first-order chi connectivity index (χ1) is 10.7. The van der Waals surface area contributed by atoms with Crippen LogP contribution in [-0.2, 0) is 0 Å². The smallest absolute Gasteiger partial charge is 0.163 e. The fourth-order valence-electron chi connectivity index (χ4n) is 2.97. The van der Waals surface area contributed by atoms with Crippen LogP contribution in [0.5, 0.6) is 11.5 Å². The zero-order valence-corrected chi connectivity index (χ0v) is 13.1. The summed E-state index contributed by atoms with van der Waals surface area (Å²) in [4.78, 5) is 10.6. The molecule has 6 heteroatoms. The molecule has 2 aromatic rings. The largest absolute Gasteiger partial charge is 0.493 e. The molecule has 1 aliphatic heterocycles. The summed E-state index contributed by atoms with van der Waals surface area (Å²) in [6.07, 6.45) is 3.89. The molecule has 0 aliphatic carbocycles. The van der Waals surface area contributed by atoms with Crippen molar-refractivity contribution in [2.45, 2.75) is 12.8 Å². The number of nitrogen functional groups attached to an aromatic ring is 1. The quantitative estimate of drug-likeness (QED) is 0.930. The van der Waals surface area contributed by atoms with Crippen molar-refractivity contribution >= 4 is 16.7 Å². The van der Waals surface area contributed by atoms with Crippen molar-refractivity contribution < 1.29 is 9.47 Å². The molecule has 0 spiro atoms. The van der Waals surface area contributed by atoms with Crippen LogP contribution in [0.25, 0.3) is 10.9 Å². The summed E-state index contributed by atoms with van der Waals surface area (Å²) in [5.41, 5.74) is 6.65. The number of aromatic nitrogens is 2. The van der Waals surface area contributed by atoms with E-state index in [-0.39, 0.29) is 0 Å². The first-order valence-electron chi connectivity index (χ1n) is 7.57. The second kappa shape index (κ2) is 6.36.